The molecule has 0 aliphatic carbocycles. The van der Waals surface area contributed by atoms with Crippen LogP contribution in [0.25, 0.3) is 44.2 Å². The molecule has 2 aliphatic heterocycles. The summed E-state index contributed by atoms with van der Waals surface area (Å²) in [5.41, 5.74) is 5.60. The number of nitrogens with one attached hydrogen (secondary N) is 4. The molecule has 15 heteroatoms. The Bertz CT molecular complexity index is 2300. The molecule has 0 radical (unpaired) electrons. The first-order valence-corrected chi connectivity index (χ1v) is 19.9. The van der Waals surface area contributed by atoms with E-state index in [2.05, 4.69) is 69.1 Å². The van der Waals surface area contributed by atoms with Crippen LogP contribution in [0.4, 0.5) is 9.59 Å². The van der Waals surface area contributed by atoms with Crippen LogP contribution >= 0.6 is 0 Å². The number of rotatable bonds is 12. The first kappa shape index (κ1) is 40.2. The summed E-state index contributed by atoms with van der Waals surface area (Å²) in [6.07, 6.45) is 3.83. The molecule has 0 unspecified atom stereocenters. The number of ether oxygens (including phenoxy) is 3. The van der Waals surface area contributed by atoms with Gasteiger partial charge in [0, 0.05) is 25.8 Å². The van der Waals surface area contributed by atoms with Crippen molar-refractivity contribution in [2.24, 2.45) is 5.92 Å². The average molecular weight is 793 g/mol. The van der Waals surface area contributed by atoms with Crippen LogP contribution < -0.4 is 10.6 Å². The second-order valence-electron chi connectivity index (χ2n) is 15.2. The summed E-state index contributed by atoms with van der Waals surface area (Å²) in [4.78, 5) is 71.8. The molecule has 4 amide bonds. The van der Waals surface area contributed by atoms with E-state index in [4.69, 9.17) is 24.2 Å². The van der Waals surface area contributed by atoms with Crippen molar-refractivity contribution in [3.05, 3.63) is 72.4 Å². The smallest absolute Gasteiger partial charge is 0.407 e. The van der Waals surface area contributed by atoms with Crippen LogP contribution in [0.5, 0.6) is 0 Å². The maximum Gasteiger partial charge on any atom is 0.407 e. The van der Waals surface area contributed by atoms with Gasteiger partial charge in [0.1, 0.15) is 23.7 Å². The molecule has 0 spiro atoms. The second-order valence-corrected chi connectivity index (χ2v) is 15.2. The van der Waals surface area contributed by atoms with Gasteiger partial charge in [0.25, 0.3) is 0 Å². The van der Waals surface area contributed by atoms with Gasteiger partial charge < -0.3 is 44.6 Å². The number of H-pyrrole nitrogens is 2. The van der Waals surface area contributed by atoms with Gasteiger partial charge in [0.2, 0.25) is 11.8 Å². The molecule has 4 N–H and O–H groups in total. The van der Waals surface area contributed by atoms with Crippen molar-refractivity contribution in [2.75, 3.05) is 34.4 Å². The number of hydrogen-bond acceptors (Lipinski definition) is 9. The van der Waals surface area contributed by atoms with E-state index < -0.39 is 30.4 Å². The number of aromatic amines is 2. The minimum Gasteiger partial charge on any atom is -0.453 e. The number of imidazole rings is 2. The van der Waals surface area contributed by atoms with E-state index in [0.29, 0.717) is 18.9 Å². The van der Waals surface area contributed by atoms with Crippen molar-refractivity contribution < 1.29 is 33.4 Å². The molecule has 0 bridgehead atoms. The number of amides is 4. The van der Waals surface area contributed by atoms with Gasteiger partial charge in [-0.3, -0.25) is 9.59 Å². The third kappa shape index (κ3) is 8.08. The topological polar surface area (TPSA) is 184 Å². The number of fused-ring (bicyclic) bond motifs is 2. The molecule has 0 saturated carbocycles. The predicted octanol–water partition coefficient (Wildman–Crippen LogP) is 6.63. The van der Waals surface area contributed by atoms with Gasteiger partial charge in [-0.1, -0.05) is 50.6 Å². The molecule has 15 nitrogen and oxygen atoms in total. The zero-order valence-corrected chi connectivity index (χ0v) is 33.8. The number of carbonyl (C=O) groups is 4. The molecule has 2 saturated heterocycles. The Kier molecular flexibility index (Phi) is 12.0. The van der Waals surface area contributed by atoms with E-state index in [-0.39, 0.29) is 29.8 Å². The summed E-state index contributed by atoms with van der Waals surface area (Å²) in [5, 5.41) is 7.52. The molecule has 5 aromatic rings. The lowest BCUT2D eigenvalue weighted by atomic mass is 9.97. The maximum atomic E-state index is 13.8. The lowest BCUT2D eigenvalue weighted by Gasteiger charge is -2.30. The van der Waals surface area contributed by atoms with Crippen LogP contribution in [0, 0.1) is 5.92 Å². The zero-order chi connectivity index (χ0) is 41.1. The molecular weight excluding hydrogens is 741 g/mol. The van der Waals surface area contributed by atoms with Crippen molar-refractivity contribution in [2.45, 2.75) is 83.1 Å². The highest BCUT2D eigenvalue weighted by Gasteiger charge is 2.40. The number of nitrogens with zero attached hydrogens (tertiary/aromatic N) is 4. The number of benzene rings is 3. The molecule has 2 fully saturated rings. The summed E-state index contributed by atoms with van der Waals surface area (Å²) in [5.74, 6) is 0.991. The predicted molar refractivity (Wildman–Crippen MR) is 219 cm³/mol. The van der Waals surface area contributed by atoms with E-state index in [9.17, 15) is 19.2 Å². The Labute approximate surface area is 337 Å². The van der Waals surface area contributed by atoms with Gasteiger partial charge >= 0.3 is 12.2 Å². The number of hydrogen-bond donors (Lipinski definition) is 4. The standard InChI is InChI=1S/C43H52N8O7/c1-7-24(2)36(48-42(54)57-5)40(52)51-19-9-11-35(51)39-45-31-17-16-29(22-32(31)46-39)27-12-13-28-21-30(15-14-26(28)20-27)33-23-44-38(47-33)34-10-8-18-50(34)41(53)37(25(3)56-4)49-43(55)58-6/h12-17,20-25,34-37H,7-11,18-19H2,1-6H3,(H,44,47)(H,45,46)(H,48,54)(H,49,55)/t24-,25-,34-,35+,36-,37-/m0/s1. The first-order valence-electron chi connectivity index (χ1n) is 19.9. The van der Waals surface area contributed by atoms with Gasteiger partial charge in [-0.2, -0.15) is 0 Å². The highest BCUT2D eigenvalue weighted by Crippen LogP contribution is 2.36. The van der Waals surface area contributed by atoms with Crippen molar-refractivity contribution in [1.29, 1.82) is 0 Å². The number of alkyl carbamates (subject to hydrolysis) is 2. The highest BCUT2D eigenvalue weighted by molar-refractivity contribution is 5.92. The quantitative estimate of drug-likeness (QED) is 0.108. The van der Waals surface area contributed by atoms with Crippen LogP contribution in [0.1, 0.15) is 76.6 Å². The normalized spacial score (nSPS) is 18.9. The van der Waals surface area contributed by atoms with Gasteiger partial charge in [0.15, 0.2) is 0 Å². The summed E-state index contributed by atoms with van der Waals surface area (Å²) < 4.78 is 15.0. The lowest BCUT2D eigenvalue weighted by molar-refractivity contribution is -0.137. The van der Waals surface area contributed by atoms with Crippen LogP contribution in [0.2, 0.25) is 0 Å². The SMILES string of the molecule is CC[C@H](C)[C@H](NC(=O)OC)C(=O)N1CCC[C@@H]1c1nc2ccc(-c3ccc4cc(-c5cnc([C@@H]6CCCN6C(=O)[C@@H](NC(=O)OC)[C@H](C)OC)[nH]5)ccc4c3)cc2[nH]1. The zero-order valence-electron chi connectivity index (χ0n) is 33.8. The van der Waals surface area contributed by atoms with Crippen LogP contribution in [0.3, 0.4) is 0 Å². The van der Waals surface area contributed by atoms with E-state index in [1.807, 2.05) is 24.8 Å². The summed E-state index contributed by atoms with van der Waals surface area (Å²) in [7, 11) is 4.06. The van der Waals surface area contributed by atoms with Gasteiger partial charge in [-0.05, 0) is 84.7 Å². The van der Waals surface area contributed by atoms with Crippen LogP contribution in [-0.4, -0.2) is 106 Å². The number of likely N-dealkylation sites (tertiary alicyclic amines) is 2. The summed E-state index contributed by atoms with van der Waals surface area (Å²) >= 11 is 0. The van der Waals surface area contributed by atoms with E-state index in [1.54, 1.807) is 18.0 Å². The molecular formula is C43H52N8O7. The molecule has 58 heavy (non-hydrogen) atoms. The van der Waals surface area contributed by atoms with E-state index in [1.165, 1.54) is 21.3 Å². The maximum absolute atomic E-state index is 13.8. The summed E-state index contributed by atoms with van der Waals surface area (Å²) in [6.45, 7) is 6.83. The minimum atomic E-state index is -0.900. The monoisotopic (exact) mass is 792 g/mol. The molecule has 2 aliphatic rings. The summed E-state index contributed by atoms with van der Waals surface area (Å²) in [6, 6.07) is 16.7. The Hall–Kier alpha value is -5.96. The first-order chi connectivity index (χ1) is 28.0. The van der Waals surface area contributed by atoms with Gasteiger partial charge in [-0.15, -0.1) is 0 Å². The molecule has 2 aromatic heterocycles. The Morgan fingerprint density at radius 2 is 1.33 bits per heavy atom. The highest BCUT2D eigenvalue weighted by atomic mass is 16.5. The number of aromatic nitrogens is 4. The lowest BCUT2D eigenvalue weighted by Crippen LogP contribution is -2.54. The number of methoxy groups -OCH3 is 3. The molecule has 7 rings (SSSR count). The fourth-order valence-electron chi connectivity index (χ4n) is 8.17. The van der Waals surface area contributed by atoms with E-state index in [0.717, 1.165) is 82.1 Å². The molecule has 306 valence electrons. The third-order valence-electron chi connectivity index (χ3n) is 11.8. The number of carbonyl (C=O) groups excluding carboxylic acids is 4. The van der Waals surface area contributed by atoms with E-state index >= 15 is 0 Å². The minimum absolute atomic E-state index is 0.0613. The largest absolute Gasteiger partial charge is 0.453 e. The average Bonchev–Trinajstić information content (AvgIpc) is 4.09. The second kappa shape index (κ2) is 17.3. The molecule has 3 aromatic carbocycles. The fraction of sp³-hybridized carbons (Fsp3) is 0.442. The van der Waals surface area contributed by atoms with Gasteiger partial charge in [-0.25, -0.2) is 19.6 Å². The fourth-order valence-corrected chi connectivity index (χ4v) is 8.17. The van der Waals surface area contributed by atoms with Gasteiger partial charge in [0.05, 0.1) is 55.3 Å². The Morgan fingerprint density at radius 3 is 1.97 bits per heavy atom. The van der Waals surface area contributed by atoms with Crippen molar-refractivity contribution >= 4 is 45.8 Å². The Morgan fingerprint density at radius 1 is 0.759 bits per heavy atom. The molecule has 4 heterocycles. The van der Waals surface area contributed by atoms with Crippen LogP contribution in [0.15, 0.2) is 60.8 Å². The Balaban J connectivity index is 1.07. The van der Waals surface area contributed by atoms with Crippen LogP contribution in [-0.2, 0) is 23.8 Å². The van der Waals surface area contributed by atoms with Crippen molar-refractivity contribution in [3.8, 4) is 22.4 Å². The van der Waals surface area contributed by atoms with Crippen molar-refractivity contribution in [3.63, 3.8) is 0 Å². The molecule has 6 atom stereocenters. The third-order valence-corrected chi connectivity index (χ3v) is 11.8. The van der Waals surface area contributed by atoms with Crippen molar-refractivity contribution in [1.82, 2.24) is 40.4 Å².